The van der Waals surface area contributed by atoms with Gasteiger partial charge in [-0.1, -0.05) is 18.2 Å². The topological polar surface area (TPSA) is 69.7 Å². The Bertz CT molecular complexity index is 685. The van der Waals surface area contributed by atoms with Gasteiger partial charge in [-0.05, 0) is 37.8 Å². The van der Waals surface area contributed by atoms with Crippen LogP contribution in [0.1, 0.15) is 25.7 Å². The van der Waals surface area contributed by atoms with Gasteiger partial charge in [-0.2, -0.15) is 0 Å². The minimum Gasteiger partial charge on any atom is -0.381 e. The Labute approximate surface area is 150 Å². The molecule has 0 radical (unpaired) electrons. The monoisotopic (exact) mass is 365 g/mol. The lowest BCUT2D eigenvalue weighted by Gasteiger charge is -2.37. The molecule has 0 spiro atoms. The highest BCUT2D eigenvalue weighted by atomic mass is 32.2. The maximum absolute atomic E-state index is 12.8. The molecule has 2 aliphatic rings. The molecule has 0 aromatic heterocycles. The van der Waals surface area contributed by atoms with Crippen LogP contribution in [0.4, 0.5) is 5.69 Å². The molecule has 1 aromatic carbocycles. The van der Waals surface area contributed by atoms with Crippen LogP contribution in [0.2, 0.25) is 0 Å². The summed E-state index contributed by atoms with van der Waals surface area (Å²) in [5.41, 5.74) is 1.09. The Hall–Kier alpha value is -1.60. The standard InChI is InChI=1S/C18H27N3O3S/c1-25(23,24)21-12-9-15(10-13-21)18(22)20-11-5-8-17(14-20)19-16-6-3-2-4-7-16/h2-4,6-7,15,17,19H,5,8-14H2,1H3. The molecule has 2 saturated heterocycles. The minimum atomic E-state index is -3.14. The summed E-state index contributed by atoms with van der Waals surface area (Å²) in [4.78, 5) is 14.8. The third-order valence-electron chi connectivity index (χ3n) is 5.15. The molecule has 2 fully saturated rings. The highest BCUT2D eigenvalue weighted by Crippen LogP contribution is 2.24. The van der Waals surface area contributed by atoms with Crippen molar-refractivity contribution in [1.82, 2.24) is 9.21 Å². The highest BCUT2D eigenvalue weighted by molar-refractivity contribution is 7.88. The summed E-state index contributed by atoms with van der Waals surface area (Å²) in [5, 5.41) is 3.51. The SMILES string of the molecule is CS(=O)(=O)N1CCC(C(=O)N2CCCC(Nc3ccccc3)C2)CC1. The fourth-order valence-electron chi connectivity index (χ4n) is 3.76. The second-order valence-corrected chi connectivity index (χ2v) is 9.05. The van der Waals surface area contributed by atoms with E-state index in [0.717, 1.165) is 31.6 Å². The summed E-state index contributed by atoms with van der Waals surface area (Å²) in [6.45, 7) is 2.43. The van der Waals surface area contributed by atoms with E-state index < -0.39 is 10.0 Å². The van der Waals surface area contributed by atoms with Gasteiger partial charge >= 0.3 is 0 Å². The third kappa shape index (κ3) is 4.73. The first-order valence-electron chi connectivity index (χ1n) is 8.99. The zero-order valence-corrected chi connectivity index (χ0v) is 15.5. The van der Waals surface area contributed by atoms with Crippen molar-refractivity contribution in [1.29, 1.82) is 0 Å². The molecule has 138 valence electrons. The molecular weight excluding hydrogens is 338 g/mol. The largest absolute Gasteiger partial charge is 0.381 e. The second kappa shape index (κ2) is 7.74. The van der Waals surface area contributed by atoms with Crippen LogP contribution in [0, 0.1) is 5.92 Å². The lowest BCUT2D eigenvalue weighted by atomic mass is 9.95. The van der Waals surface area contributed by atoms with Crippen molar-refractivity contribution in [3.05, 3.63) is 30.3 Å². The Kier molecular flexibility index (Phi) is 5.64. The zero-order valence-electron chi connectivity index (χ0n) is 14.7. The molecule has 1 aromatic rings. The molecule has 0 bridgehead atoms. The number of para-hydroxylation sites is 1. The average molecular weight is 365 g/mol. The molecule has 3 rings (SSSR count). The highest BCUT2D eigenvalue weighted by Gasteiger charge is 2.33. The Balaban J connectivity index is 1.54. The van der Waals surface area contributed by atoms with Crippen molar-refractivity contribution < 1.29 is 13.2 Å². The van der Waals surface area contributed by atoms with Crippen LogP contribution < -0.4 is 5.32 Å². The van der Waals surface area contributed by atoms with Crippen LogP contribution in [0.3, 0.4) is 0 Å². The molecule has 6 nitrogen and oxygen atoms in total. The normalized spacial score (nSPS) is 23.4. The molecule has 2 aliphatic heterocycles. The number of carbonyl (C=O) groups excluding carboxylic acids is 1. The van der Waals surface area contributed by atoms with Crippen molar-refractivity contribution in [2.75, 3.05) is 37.8 Å². The molecule has 1 atom stereocenters. The van der Waals surface area contributed by atoms with E-state index in [-0.39, 0.29) is 17.9 Å². The number of benzene rings is 1. The first kappa shape index (κ1) is 18.2. The molecule has 1 unspecified atom stereocenters. The van der Waals surface area contributed by atoms with E-state index in [1.165, 1.54) is 10.6 Å². The second-order valence-electron chi connectivity index (χ2n) is 7.07. The fourth-order valence-corrected chi connectivity index (χ4v) is 4.63. The van der Waals surface area contributed by atoms with Crippen LogP contribution in [-0.2, 0) is 14.8 Å². The first-order chi connectivity index (χ1) is 11.9. The minimum absolute atomic E-state index is 0.0477. The van der Waals surface area contributed by atoms with Crippen LogP contribution in [0.25, 0.3) is 0 Å². The summed E-state index contributed by atoms with van der Waals surface area (Å²) in [5.74, 6) is 0.140. The van der Waals surface area contributed by atoms with Crippen LogP contribution in [-0.4, -0.2) is 62.0 Å². The van der Waals surface area contributed by atoms with Crippen molar-refractivity contribution in [2.45, 2.75) is 31.7 Å². The van der Waals surface area contributed by atoms with E-state index >= 15 is 0 Å². The number of hydrogen-bond donors (Lipinski definition) is 1. The maximum atomic E-state index is 12.8. The van der Waals surface area contributed by atoms with Crippen LogP contribution in [0.5, 0.6) is 0 Å². The molecular formula is C18H27N3O3S. The molecule has 25 heavy (non-hydrogen) atoms. The zero-order chi connectivity index (χ0) is 17.9. The summed E-state index contributed by atoms with van der Waals surface area (Å²) in [6, 6.07) is 10.4. The van der Waals surface area contributed by atoms with Crippen LogP contribution in [0.15, 0.2) is 30.3 Å². The number of anilines is 1. The van der Waals surface area contributed by atoms with Gasteiger partial charge in [0.2, 0.25) is 15.9 Å². The Morgan fingerprint density at radius 3 is 2.40 bits per heavy atom. The van der Waals surface area contributed by atoms with Gasteiger partial charge in [-0.15, -0.1) is 0 Å². The number of nitrogens with zero attached hydrogens (tertiary/aromatic N) is 2. The molecule has 7 heteroatoms. The predicted molar refractivity (Wildman–Crippen MR) is 98.8 cm³/mol. The summed E-state index contributed by atoms with van der Waals surface area (Å²) in [7, 11) is -3.14. The third-order valence-corrected chi connectivity index (χ3v) is 6.45. The number of sulfonamides is 1. The van der Waals surface area contributed by atoms with Crippen LogP contribution >= 0.6 is 0 Å². The van der Waals surface area contributed by atoms with Gasteiger partial charge in [-0.25, -0.2) is 12.7 Å². The number of piperidine rings is 2. The summed E-state index contributed by atoms with van der Waals surface area (Å²) in [6.07, 6.45) is 4.54. The smallest absolute Gasteiger partial charge is 0.225 e. The molecule has 0 aliphatic carbocycles. The molecule has 1 amide bonds. The van der Waals surface area contributed by atoms with E-state index in [4.69, 9.17) is 0 Å². The number of hydrogen-bond acceptors (Lipinski definition) is 4. The van der Waals surface area contributed by atoms with Gasteiger partial charge in [0.25, 0.3) is 0 Å². The average Bonchev–Trinajstić information content (AvgIpc) is 2.61. The Morgan fingerprint density at radius 2 is 1.76 bits per heavy atom. The molecule has 0 saturated carbocycles. The van der Waals surface area contributed by atoms with Gasteiger partial charge < -0.3 is 10.2 Å². The van der Waals surface area contributed by atoms with Gasteiger partial charge in [0.1, 0.15) is 0 Å². The number of amides is 1. The molecule has 1 N–H and O–H groups in total. The van der Waals surface area contributed by atoms with E-state index in [1.54, 1.807) is 0 Å². The first-order valence-corrected chi connectivity index (χ1v) is 10.8. The van der Waals surface area contributed by atoms with Gasteiger partial charge in [0.15, 0.2) is 0 Å². The quantitative estimate of drug-likeness (QED) is 0.883. The number of nitrogens with one attached hydrogen (secondary N) is 1. The van der Waals surface area contributed by atoms with Gasteiger partial charge in [0.05, 0.1) is 6.26 Å². The Morgan fingerprint density at radius 1 is 1.08 bits per heavy atom. The number of rotatable bonds is 4. The lowest BCUT2D eigenvalue weighted by molar-refractivity contribution is -0.137. The lowest BCUT2D eigenvalue weighted by Crippen LogP contribution is -2.49. The predicted octanol–water partition coefficient (Wildman–Crippen LogP) is 1.76. The molecule has 2 heterocycles. The van der Waals surface area contributed by atoms with Crippen molar-refractivity contribution in [3.8, 4) is 0 Å². The van der Waals surface area contributed by atoms with Crippen molar-refractivity contribution >= 4 is 21.6 Å². The number of carbonyl (C=O) groups is 1. The van der Waals surface area contributed by atoms with Crippen molar-refractivity contribution in [2.24, 2.45) is 5.92 Å². The number of likely N-dealkylation sites (tertiary alicyclic amines) is 1. The van der Waals surface area contributed by atoms with E-state index in [0.29, 0.717) is 25.9 Å². The van der Waals surface area contributed by atoms with E-state index in [1.807, 2.05) is 35.2 Å². The maximum Gasteiger partial charge on any atom is 0.225 e. The fraction of sp³-hybridized carbons (Fsp3) is 0.611. The van der Waals surface area contributed by atoms with Gasteiger partial charge in [0, 0.05) is 43.8 Å². The van der Waals surface area contributed by atoms with Gasteiger partial charge in [-0.3, -0.25) is 4.79 Å². The van der Waals surface area contributed by atoms with Crippen molar-refractivity contribution in [3.63, 3.8) is 0 Å². The summed E-state index contributed by atoms with van der Waals surface area (Å²) < 4.78 is 24.7. The van der Waals surface area contributed by atoms with E-state index in [9.17, 15) is 13.2 Å². The summed E-state index contributed by atoms with van der Waals surface area (Å²) >= 11 is 0. The van der Waals surface area contributed by atoms with E-state index in [2.05, 4.69) is 5.32 Å².